The lowest BCUT2D eigenvalue weighted by molar-refractivity contribution is 0.0903. The van der Waals surface area contributed by atoms with E-state index in [2.05, 4.69) is 22.5 Å². The van der Waals surface area contributed by atoms with Gasteiger partial charge >= 0.3 is 0 Å². The summed E-state index contributed by atoms with van der Waals surface area (Å²) in [7, 11) is 0. The zero-order chi connectivity index (χ0) is 13.2. The Morgan fingerprint density at radius 2 is 2.58 bits per heavy atom. The fourth-order valence-electron chi connectivity index (χ4n) is 2.64. The summed E-state index contributed by atoms with van der Waals surface area (Å²) >= 11 is 0. The summed E-state index contributed by atoms with van der Waals surface area (Å²) in [6.07, 6.45) is 4.15. The van der Waals surface area contributed by atoms with Gasteiger partial charge in [-0.2, -0.15) is 0 Å². The van der Waals surface area contributed by atoms with Gasteiger partial charge in [-0.1, -0.05) is 0 Å². The Balaban J connectivity index is 1.59. The maximum atomic E-state index is 12.1. The Morgan fingerprint density at radius 3 is 3.32 bits per heavy atom. The highest BCUT2D eigenvalue weighted by atomic mass is 16.5. The maximum Gasteiger partial charge on any atom is 0.271 e. The Labute approximate surface area is 112 Å². The quantitative estimate of drug-likeness (QED) is 0.849. The van der Waals surface area contributed by atoms with Gasteiger partial charge in [0.15, 0.2) is 0 Å². The third-order valence-corrected chi connectivity index (χ3v) is 3.93. The number of ether oxygens (including phenoxy) is 1. The predicted molar refractivity (Wildman–Crippen MR) is 71.2 cm³/mol. The molecule has 0 radical (unpaired) electrons. The van der Waals surface area contributed by atoms with E-state index in [4.69, 9.17) is 4.74 Å². The minimum atomic E-state index is -0.0946. The first kappa shape index (κ1) is 12.5. The number of imidazole rings is 1. The van der Waals surface area contributed by atoms with Crippen molar-refractivity contribution >= 4 is 11.9 Å². The van der Waals surface area contributed by atoms with Gasteiger partial charge in [0.1, 0.15) is 5.69 Å². The van der Waals surface area contributed by atoms with Crippen molar-refractivity contribution in [3.05, 3.63) is 11.9 Å². The van der Waals surface area contributed by atoms with Crippen molar-refractivity contribution in [1.82, 2.24) is 14.9 Å². The molecule has 3 heterocycles. The summed E-state index contributed by atoms with van der Waals surface area (Å²) in [6, 6.07) is 0. The Hall–Kier alpha value is -1.56. The maximum absolute atomic E-state index is 12.1. The molecule has 0 saturated carbocycles. The SMILES string of the molecule is CC1OCCC1CNC(=O)c1cn2c(n1)NCCC2. The van der Waals surface area contributed by atoms with E-state index < -0.39 is 0 Å². The molecule has 0 aromatic carbocycles. The molecule has 1 saturated heterocycles. The van der Waals surface area contributed by atoms with Crippen molar-refractivity contribution in [2.45, 2.75) is 32.4 Å². The average molecular weight is 264 g/mol. The Morgan fingerprint density at radius 1 is 1.68 bits per heavy atom. The monoisotopic (exact) mass is 264 g/mol. The largest absolute Gasteiger partial charge is 0.378 e. The highest BCUT2D eigenvalue weighted by molar-refractivity contribution is 5.92. The standard InChI is InChI=1S/C13H20N4O2/c1-9-10(3-6-19-9)7-15-12(18)11-8-17-5-2-4-14-13(17)16-11/h8-10H,2-7H2,1H3,(H,14,16)(H,15,18). The molecule has 6 heteroatoms. The lowest BCUT2D eigenvalue weighted by atomic mass is 10.0. The van der Waals surface area contributed by atoms with Crippen LogP contribution in [0.3, 0.4) is 0 Å². The van der Waals surface area contributed by atoms with Crippen molar-refractivity contribution in [2.24, 2.45) is 5.92 Å². The van der Waals surface area contributed by atoms with E-state index in [-0.39, 0.29) is 12.0 Å². The number of hydrogen-bond acceptors (Lipinski definition) is 4. The molecule has 0 aliphatic carbocycles. The molecule has 2 N–H and O–H groups in total. The van der Waals surface area contributed by atoms with Gasteiger partial charge in [0.05, 0.1) is 6.10 Å². The summed E-state index contributed by atoms with van der Waals surface area (Å²) < 4.78 is 7.49. The van der Waals surface area contributed by atoms with Gasteiger partial charge in [-0.15, -0.1) is 0 Å². The molecule has 3 rings (SSSR count). The lowest BCUT2D eigenvalue weighted by Gasteiger charge is -2.14. The number of nitrogens with one attached hydrogen (secondary N) is 2. The fourth-order valence-corrected chi connectivity index (χ4v) is 2.64. The number of anilines is 1. The number of aryl methyl sites for hydroxylation is 1. The summed E-state index contributed by atoms with van der Waals surface area (Å²) in [6.45, 7) is 5.37. The van der Waals surface area contributed by atoms with Crippen LogP contribution in [-0.2, 0) is 11.3 Å². The van der Waals surface area contributed by atoms with Gasteiger partial charge in [-0.05, 0) is 19.8 Å². The number of carbonyl (C=O) groups is 1. The van der Waals surface area contributed by atoms with Crippen LogP contribution in [0.15, 0.2) is 6.20 Å². The second kappa shape index (κ2) is 5.21. The number of aromatic nitrogens is 2. The first-order valence-electron chi connectivity index (χ1n) is 6.95. The number of hydrogen-bond donors (Lipinski definition) is 2. The lowest BCUT2D eigenvalue weighted by Crippen LogP contribution is -2.32. The van der Waals surface area contributed by atoms with Crippen LogP contribution in [0.5, 0.6) is 0 Å². The second-order valence-corrected chi connectivity index (χ2v) is 5.26. The summed E-state index contributed by atoms with van der Waals surface area (Å²) in [5.74, 6) is 1.12. The van der Waals surface area contributed by atoms with Gasteiger partial charge in [0.2, 0.25) is 5.95 Å². The van der Waals surface area contributed by atoms with E-state index in [1.165, 1.54) is 0 Å². The number of carbonyl (C=O) groups excluding carboxylic acids is 1. The molecule has 1 amide bonds. The van der Waals surface area contributed by atoms with Crippen molar-refractivity contribution in [2.75, 3.05) is 25.0 Å². The van der Waals surface area contributed by atoms with Gasteiger partial charge in [0.25, 0.3) is 5.91 Å². The van der Waals surface area contributed by atoms with E-state index in [0.29, 0.717) is 18.2 Å². The van der Waals surface area contributed by atoms with Crippen LogP contribution < -0.4 is 10.6 Å². The first-order chi connectivity index (χ1) is 9.24. The normalized spacial score (nSPS) is 25.7. The van der Waals surface area contributed by atoms with Gasteiger partial charge < -0.3 is 19.9 Å². The van der Waals surface area contributed by atoms with Gasteiger partial charge in [-0.3, -0.25) is 4.79 Å². The molecule has 1 fully saturated rings. The zero-order valence-electron chi connectivity index (χ0n) is 11.2. The van der Waals surface area contributed by atoms with Crippen molar-refractivity contribution in [3.8, 4) is 0 Å². The number of amides is 1. The molecule has 6 nitrogen and oxygen atoms in total. The summed E-state index contributed by atoms with van der Waals surface area (Å²) in [5.41, 5.74) is 0.496. The number of nitrogens with zero attached hydrogens (tertiary/aromatic N) is 2. The van der Waals surface area contributed by atoms with Crippen LogP contribution in [0, 0.1) is 5.92 Å². The van der Waals surface area contributed by atoms with Crippen LogP contribution in [-0.4, -0.2) is 41.3 Å². The first-order valence-corrected chi connectivity index (χ1v) is 6.95. The van der Waals surface area contributed by atoms with Crippen molar-refractivity contribution in [3.63, 3.8) is 0 Å². The van der Waals surface area contributed by atoms with Gasteiger partial charge in [-0.25, -0.2) is 4.98 Å². The third-order valence-electron chi connectivity index (χ3n) is 3.93. The predicted octanol–water partition coefficient (Wildman–Crippen LogP) is 0.853. The van der Waals surface area contributed by atoms with Crippen LogP contribution in [0.2, 0.25) is 0 Å². The Bertz CT molecular complexity index is 448. The highest BCUT2D eigenvalue weighted by Gasteiger charge is 2.25. The van der Waals surface area contributed by atoms with Crippen LogP contribution in [0.1, 0.15) is 30.3 Å². The highest BCUT2D eigenvalue weighted by Crippen LogP contribution is 2.19. The fraction of sp³-hybridized carbons (Fsp3) is 0.692. The summed E-state index contributed by atoms with van der Waals surface area (Å²) in [4.78, 5) is 16.4. The van der Waals surface area contributed by atoms with E-state index >= 15 is 0 Å². The zero-order valence-corrected chi connectivity index (χ0v) is 11.2. The van der Waals surface area contributed by atoms with Crippen molar-refractivity contribution < 1.29 is 9.53 Å². The molecule has 2 unspecified atom stereocenters. The smallest absolute Gasteiger partial charge is 0.271 e. The molecule has 2 aliphatic rings. The minimum absolute atomic E-state index is 0.0946. The van der Waals surface area contributed by atoms with E-state index in [9.17, 15) is 4.79 Å². The molecule has 19 heavy (non-hydrogen) atoms. The molecule has 1 aromatic rings. The molecule has 0 bridgehead atoms. The van der Waals surface area contributed by atoms with Gasteiger partial charge in [0, 0.05) is 38.4 Å². The molecule has 2 atom stereocenters. The van der Waals surface area contributed by atoms with Crippen LogP contribution in [0.4, 0.5) is 5.95 Å². The van der Waals surface area contributed by atoms with Crippen LogP contribution >= 0.6 is 0 Å². The molecule has 2 aliphatic heterocycles. The van der Waals surface area contributed by atoms with Crippen LogP contribution in [0.25, 0.3) is 0 Å². The molecule has 0 spiro atoms. The number of fused-ring (bicyclic) bond motifs is 1. The topological polar surface area (TPSA) is 68.2 Å². The second-order valence-electron chi connectivity index (χ2n) is 5.26. The Kier molecular flexibility index (Phi) is 3.42. The van der Waals surface area contributed by atoms with Crippen molar-refractivity contribution in [1.29, 1.82) is 0 Å². The number of rotatable bonds is 3. The average Bonchev–Trinajstić information content (AvgIpc) is 3.01. The minimum Gasteiger partial charge on any atom is -0.378 e. The molecule has 104 valence electrons. The third kappa shape index (κ3) is 2.58. The summed E-state index contributed by atoms with van der Waals surface area (Å²) in [5, 5.41) is 6.15. The molecular formula is C13H20N4O2. The van der Waals surface area contributed by atoms with E-state index in [1.807, 2.05) is 10.8 Å². The van der Waals surface area contributed by atoms with E-state index in [0.717, 1.165) is 38.5 Å². The van der Waals surface area contributed by atoms with E-state index in [1.54, 1.807) is 0 Å². The molecular weight excluding hydrogens is 244 g/mol. The molecule has 1 aromatic heterocycles.